The van der Waals surface area contributed by atoms with Gasteiger partial charge in [0, 0.05) is 24.5 Å². The third kappa shape index (κ3) is 3.99. The number of nitro benzene ring substituents is 1. The van der Waals surface area contributed by atoms with Crippen LogP contribution in [0.25, 0.3) is 5.57 Å². The number of H-pyrrole nitrogens is 1. The maximum atomic E-state index is 11.1. The van der Waals surface area contributed by atoms with E-state index in [0.717, 1.165) is 0 Å². The number of allylic oxidation sites excluding steroid dienone is 1. The number of hydrogen-bond acceptors (Lipinski definition) is 9. The highest BCUT2D eigenvalue weighted by Gasteiger charge is 2.14. The summed E-state index contributed by atoms with van der Waals surface area (Å²) in [5.74, 6) is 0.107. The summed E-state index contributed by atoms with van der Waals surface area (Å²) in [6.45, 7) is 0.0556. The maximum absolute atomic E-state index is 11.1. The zero-order chi connectivity index (χ0) is 16.7. The number of aliphatic hydroxyl groups is 1. The Labute approximate surface area is 129 Å². The van der Waals surface area contributed by atoms with Crippen LogP contribution in [0.15, 0.2) is 24.4 Å². The summed E-state index contributed by atoms with van der Waals surface area (Å²) in [6, 6.07) is 6.29. The molecule has 0 saturated carbocycles. The average Bonchev–Trinajstić information content (AvgIpc) is 3.08. The van der Waals surface area contributed by atoms with Crippen molar-refractivity contribution >= 4 is 22.6 Å². The summed E-state index contributed by atoms with van der Waals surface area (Å²) in [5.41, 5.74) is 0.651. The van der Waals surface area contributed by atoms with Crippen molar-refractivity contribution in [1.82, 2.24) is 20.6 Å². The quantitative estimate of drug-likeness (QED) is 0.323. The van der Waals surface area contributed by atoms with Crippen LogP contribution >= 0.6 is 0 Å². The molecule has 2 aromatic rings. The van der Waals surface area contributed by atoms with Crippen molar-refractivity contribution in [3.8, 4) is 6.07 Å². The Hall–Kier alpha value is -3.52. The highest BCUT2D eigenvalue weighted by Crippen LogP contribution is 2.28. The van der Waals surface area contributed by atoms with Crippen LogP contribution in [0, 0.1) is 21.4 Å². The van der Waals surface area contributed by atoms with Crippen LogP contribution in [0.4, 0.5) is 17.1 Å². The molecule has 0 spiro atoms. The molecule has 1 aromatic carbocycles. The van der Waals surface area contributed by atoms with Crippen molar-refractivity contribution in [2.75, 3.05) is 23.8 Å². The number of nitriles is 1. The molecule has 0 saturated heterocycles. The van der Waals surface area contributed by atoms with Crippen LogP contribution in [0.1, 0.15) is 5.82 Å². The molecule has 0 aliphatic heterocycles. The lowest BCUT2D eigenvalue weighted by Gasteiger charge is -2.07. The topological polar surface area (TPSA) is 166 Å². The van der Waals surface area contributed by atoms with E-state index in [1.54, 1.807) is 6.07 Å². The minimum Gasteiger partial charge on any atom is -0.395 e. The molecule has 11 nitrogen and oxygen atoms in total. The van der Waals surface area contributed by atoms with E-state index in [4.69, 9.17) is 10.4 Å². The highest BCUT2D eigenvalue weighted by atomic mass is 16.6. The molecular formula is C12H12N8O3. The predicted molar refractivity (Wildman–Crippen MR) is 80.1 cm³/mol. The van der Waals surface area contributed by atoms with Gasteiger partial charge < -0.3 is 15.7 Å². The summed E-state index contributed by atoms with van der Waals surface area (Å²) in [4.78, 5) is 10.6. The number of nitrogens with one attached hydrogen (secondary N) is 3. The number of tetrazole rings is 1. The minimum absolute atomic E-state index is 0.107. The minimum atomic E-state index is -0.543. The van der Waals surface area contributed by atoms with E-state index in [0.29, 0.717) is 5.69 Å². The molecule has 118 valence electrons. The molecule has 0 atom stereocenters. The molecule has 0 aliphatic rings. The molecule has 1 aromatic heterocycles. The molecule has 23 heavy (non-hydrogen) atoms. The van der Waals surface area contributed by atoms with Gasteiger partial charge in [0.15, 0.2) is 0 Å². The Morgan fingerprint density at radius 1 is 1.57 bits per heavy atom. The lowest BCUT2D eigenvalue weighted by molar-refractivity contribution is -0.383. The van der Waals surface area contributed by atoms with E-state index in [2.05, 4.69) is 31.3 Å². The summed E-state index contributed by atoms with van der Waals surface area (Å²) < 4.78 is 0. The Bertz CT molecular complexity index is 750. The monoisotopic (exact) mass is 316 g/mol. The summed E-state index contributed by atoms with van der Waals surface area (Å²) >= 11 is 0. The van der Waals surface area contributed by atoms with E-state index in [1.165, 1.54) is 18.3 Å². The largest absolute Gasteiger partial charge is 0.395 e. The Balaban J connectivity index is 2.22. The molecule has 0 unspecified atom stereocenters. The fourth-order valence-corrected chi connectivity index (χ4v) is 1.69. The van der Waals surface area contributed by atoms with E-state index in [9.17, 15) is 10.1 Å². The van der Waals surface area contributed by atoms with Crippen molar-refractivity contribution in [3.63, 3.8) is 0 Å². The second-order valence-corrected chi connectivity index (χ2v) is 4.19. The zero-order valence-electron chi connectivity index (χ0n) is 11.7. The fourth-order valence-electron chi connectivity index (χ4n) is 1.69. The van der Waals surface area contributed by atoms with Gasteiger partial charge in [0.25, 0.3) is 5.69 Å². The first-order chi connectivity index (χ1) is 11.2. The van der Waals surface area contributed by atoms with Crippen LogP contribution in [0.3, 0.4) is 0 Å². The van der Waals surface area contributed by atoms with E-state index >= 15 is 0 Å². The fraction of sp³-hybridized carbons (Fsp3) is 0.167. The van der Waals surface area contributed by atoms with Crippen molar-refractivity contribution in [2.45, 2.75) is 0 Å². The van der Waals surface area contributed by atoms with Crippen molar-refractivity contribution in [3.05, 3.63) is 40.3 Å². The van der Waals surface area contributed by atoms with Crippen LogP contribution < -0.4 is 10.6 Å². The van der Waals surface area contributed by atoms with Gasteiger partial charge in [-0.1, -0.05) is 0 Å². The first-order valence-electron chi connectivity index (χ1n) is 6.39. The number of hydrogen-bond donors (Lipinski definition) is 4. The summed E-state index contributed by atoms with van der Waals surface area (Å²) in [5, 5.41) is 47.4. The molecule has 11 heteroatoms. The lowest BCUT2D eigenvalue weighted by Crippen LogP contribution is -2.07. The molecule has 4 N–H and O–H groups in total. The average molecular weight is 316 g/mol. The normalized spacial score (nSPS) is 10.9. The summed E-state index contributed by atoms with van der Waals surface area (Å²) in [6.07, 6.45) is 1.32. The number of aromatic amines is 1. The van der Waals surface area contributed by atoms with Crippen LogP contribution in [0.2, 0.25) is 0 Å². The zero-order valence-corrected chi connectivity index (χ0v) is 11.7. The van der Waals surface area contributed by atoms with Crippen LogP contribution in [-0.4, -0.2) is 43.8 Å². The van der Waals surface area contributed by atoms with Crippen molar-refractivity contribution < 1.29 is 10.0 Å². The smallest absolute Gasteiger partial charge is 0.294 e. The van der Waals surface area contributed by atoms with Gasteiger partial charge in [0.1, 0.15) is 17.3 Å². The number of anilines is 2. The molecule has 0 bridgehead atoms. The highest BCUT2D eigenvalue weighted by molar-refractivity contribution is 5.75. The van der Waals surface area contributed by atoms with Crippen LogP contribution in [-0.2, 0) is 0 Å². The molecule has 0 fully saturated rings. The second-order valence-electron chi connectivity index (χ2n) is 4.19. The summed E-state index contributed by atoms with van der Waals surface area (Å²) in [7, 11) is 0. The molecule has 1 heterocycles. The third-order valence-corrected chi connectivity index (χ3v) is 2.71. The van der Waals surface area contributed by atoms with Gasteiger partial charge in [-0.25, -0.2) is 0 Å². The standard InChI is InChI=1S/C12H12N8O3/c13-6-8(12-16-18-19-17-12)7-15-9-1-2-10(14-3-4-21)11(5-9)20(22)23/h1-2,5,7,14-15,21H,3-4H2,(H,16,17,18,19). The van der Waals surface area contributed by atoms with Gasteiger partial charge >= 0.3 is 0 Å². The predicted octanol–water partition coefficient (Wildman–Crippen LogP) is 0.489. The first kappa shape index (κ1) is 15.9. The van der Waals surface area contributed by atoms with Gasteiger partial charge in [-0.2, -0.15) is 10.5 Å². The van der Waals surface area contributed by atoms with E-state index < -0.39 is 4.92 Å². The molecular weight excluding hydrogens is 304 g/mol. The van der Waals surface area contributed by atoms with E-state index in [1.807, 2.05) is 6.07 Å². The lowest BCUT2D eigenvalue weighted by atomic mass is 10.2. The molecule has 0 aliphatic carbocycles. The number of nitrogens with zero attached hydrogens (tertiary/aromatic N) is 5. The Morgan fingerprint density at radius 3 is 3.00 bits per heavy atom. The van der Waals surface area contributed by atoms with Gasteiger partial charge in [0.05, 0.1) is 11.5 Å². The second kappa shape index (κ2) is 7.48. The number of rotatable bonds is 7. The van der Waals surface area contributed by atoms with Crippen LogP contribution in [0.5, 0.6) is 0 Å². The van der Waals surface area contributed by atoms with Crippen molar-refractivity contribution in [2.24, 2.45) is 0 Å². The van der Waals surface area contributed by atoms with Crippen molar-refractivity contribution in [1.29, 1.82) is 5.26 Å². The molecule has 0 amide bonds. The Kier molecular flexibility index (Phi) is 5.16. The van der Waals surface area contributed by atoms with Gasteiger partial charge in [-0.15, -0.1) is 10.2 Å². The third-order valence-electron chi connectivity index (χ3n) is 2.71. The Morgan fingerprint density at radius 2 is 2.39 bits per heavy atom. The van der Waals surface area contributed by atoms with Gasteiger partial charge in [0.2, 0.25) is 5.82 Å². The van der Waals surface area contributed by atoms with E-state index in [-0.39, 0.29) is 35.9 Å². The van der Waals surface area contributed by atoms with Gasteiger partial charge in [-0.05, 0) is 17.3 Å². The number of aromatic nitrogens is 4. The van der Waals surface area contributed by atoms with Gasteiger partial charge in [-0.3, -0.25) is 10.1 Å². The maximum Gasteiger partial charge on any atom is 0.294 e. The molecule has 0 radical (unpaired) electrons. The number of aliphatic hydroxyl groups excluding tert-OH is 1. The molecule has 2 rings (SSSR count). The first-order valence-corrected chi connectivity index (χ1v) is 6.39. The number of benzene rings is 1. The number of nitro groups is 1. The SMILES string of the molecule is N#CC(=CNc1ccc(NCCO)c([N+](=O)[O-])c1)c1nn[nH]n1.